The molecule has 2 N–H and O–H groups in total. The number of hydrogen-bond donors (Lipinski definition) is 2. The van der Waals surface area contributed by atoms with Crippen LogP contribution >= 0.6 is 0 Å². The highest BCUT2D eigenvalue weighted by molar-refractivity contribution is 5.93. The summed E-state index contributed by atoms with van der Waals surface area (Å²) in [4.78, 5) is 41.9. The second kappa shape index (κ2) is 7.86. The van der Waals surface area contributed by atoms with Gasteiger partial charge in [0.2, 0.25) is 11.8 Å². The first-order chi connectivity index (χ1) is 13.3. The fourth-order valence-corrected chi connectivity index (χ4v) is 3.05. The topological polar surface area (TPSA) is 131 Å². The maximum Gasteiger partial charge on any atom is 0.413 e. The Bertz CT molecular complexity index is 835. The van der Waals surface area contributed by atoms with Gasteiger partial charge < -0.3 is 24.3 Å². The van der Waals surface area contributed by atoms with Crippen LogP contribution in [-0.2, 0) is 14.3 Å². The molecule has 160 valence electrons. The zero-order valence-electron chi connectivity index (χ0n) is 17.6. The van der Waals surface area contributed by atoms with Crippen molar-refractivity contribution in [2.45, 2.75) is 71.9 Å². The molecule has 1 saturated heterocycles. The van der Waals surface area contributed by atoms with E-state index in [1.165, 1.54) is 11.0 Å². The molecule has 0 spiro atoms. The number of amides is 2. The van der Waals surface area contributed by atoms with E-state index in [1.54, 1.807) is 48.5 Å². The molecule has 1 aliphatic heterocycles. The van der Waals surface area contributed by atoms with Crippen LogP contribution in [0, 0.1) is 0 Å². The summed E-state index contributed by atoms with van der Waals surface area (Å²) in [7, 11) is 0. The molecule has 0 aromatic carbocycles. The number of aromatic carboxylic acids is 1. The molecule has 1 fully saturated rings. The highest BCUT2D eigenvalue weighted by Crippen LogP contribution is 2.34. The third kappa shape index (κ3) is 4.94. The van der Waals surface area contributed by atoms with Gasteiger partial charge in [-0.1, -0.05) is 6.08 Å². The van der Waals surface area contributed by atoms with Crippen LogP contribution in [0.5, 0.6) is 0 Å². The quantitative estimate of drug-likeness (QED) is 0.776. The van der Waals surface area contributed by atoms with Crippen molar-refractivity contribution in [3.8, 4) is 0 Å². The van der Waals surface area contributed by atoms with Crippen molar-refractivity contribution >= 4 is 23.7 Å². The lowest BCUT2D eigenvalue weighted by Crippen LogP contribution is -2.55. The summed E-state index contributed by atoms with van der Waals surface area (Å²) in [6.07, 6.45) is 1.19. The summed E-state index contributed by atoms with van der Waals surface area (Å²) in [6.45, 7) is 11.8. The fourth-order valence-electron chi connectivity index (χ4n) is 3.05. The number of ether oxygens (including phenoxy) is 2. The SMILES string of the molecule is C/C=C(\NC(=O)[C@@H]1[C@@H](C)OC(C)(C)N1C(=O)OC(C)(C)C)c1nc(C(=O)O)co1. The molecule has 0 unspecified atom stereocenters. The van der Waals surface area contributed by atoms with Gasteiger partial charge in [-0.2, -0.15) is 0 Å². The number of aromatic nitrogens is 1. The smallest absolute Gasteiger partial charge is 0.413 e. The molecule has 10 heteroatoms. The minimum atomic E-state index is -1.25. The summed E-state index contributed by atoms with van der Waals surface area (Å²) < 4.78 is 16.4. The molecule has 0 bridgehead atoms. The third-order valence-corrected chi connectivity index (χ3v) is 4.14. The summed E-state index contributed by atoms with van der Waals surface area (Å²) in [5, 5.41) is 11.6. The van der Waals surface area contributed by atoms with Gasteiger partial charge in [-0.3, -0.25) is 9.69 Å². The standard InChI is InChI=1S/C19H27N3O7/c1-8-11(15-21-12(9-27-15)16(24)25)20-14(23)13-10(2)28-19(6,7)22(13)17(26)29-18(3,4)5/h8-10,13H,1-7H3,(H,20,23)(H,24,25)/b11-8-/t10-,13+/m1/s1. The van der Waals surface area contributed by atoms with Crippen LogP contribution in [-0.4, -0.2) is 56.4 Å². The Balaban J connectivity index is 2.27. The number of carbonyl (C=O) groups excluding carboxylic acids is 2. The molecule has 2 rings (SSSR count). The monoisotopic (exact) mass is 409 g/mol. The molecule has 2 heterocycles. The second-order valence-corrected chi connectivity index (χ2v) is 8.10. The first-order valence-corrected chi connectivity index (χ1v) is 9.13. The Kier molecular flexibility index (Phi) is 6.07. The molecule has 10 nitrogen and oxygen atoms in total. The van der Waals surface area contributed by atoms with Gasteiger partial charge in [-0.25, -0.2) is 14.6 Å². The number of rotatable bonds is 4. The minimum absolute atomic E-state index is 0.0621. The summed E-state index contributed by atoms with van der Waals surface area (Å²) >= 11 is 0. The van der Waals surface area contributed by atoms with Gasteiger partial charge in [-0.05, 0) is 48.5 Å². The number of nitrogens with zero attached hydrogens (tertiary/aromatic N) is 2. The minimum Gasteiger partial charge on any atom is -0.476 e. The summed E-state index contributed by atoms with van der Waals surface area (Å²) in [5.74, 6) is -1.86. The summed E-state index contributed by atoms with van der Waals surface area (Å²) in [5.41, 5.74) is -1.94. The maximum atomic E-state index is 13.0. The zero-order chi connectivity index (χ0) is 22.1. The highest BCUT2D eigenvalue weighted by atomic mass is 16.6. The van der Waals surface area contributed by atoms with Crippen LogP contribution in [0.3, 0.4) is 0 Å². The van der Waals surface area contributed by atoms with Crippen LogP contribution in [0.1, 0.15) is 64.8 Å². The fraction of sp³-hybridized carbons (Fsp3) is 0.579. The van der Waals surface area contributed by atoms with Crippen LogP contribution in [0.4, 0.5) is 4.79 Å². The molecule has 1 aromatic rings. The van der Waals surface area contributed by atoms with Gasteiger partial charge >= 0.3 is 12.1 Å². The lowest BCUT2D eigenvalue weighted by molar-refractivity contribution is -0.125. The number of allylic oxidation sites excluding steroid dienone is 1. The Labute approximate surface area is 168 Å². The molecule has 0 radical (unpaired) electrons. The number of oxazole rings is 1. The predicted molar refractivity (Wildman–Crippen MR) is 102 cm³/mol. The van der Waals surface area contributed by atoms with Crippen molar-refractivity contribution in [2.24, 2.45) is 0 Å². The van der Waals surface area contributed by atoms with E-state index in [0.717, 1.165) is 6.26 Å². The van der Waals surface area contributed by atoms with E-state index in [0.29, 0.717) is 0 Å². The maximum absolute atomic E-state index is 13.0. The Morgan fingerprint density at radius 1 is 1.34 bits per heavy atom. The lowest BCUT2D eigenvalue weighted by Gasteiger charge is -2.34. The van der Waals surface area contributed by atoms with E-state index in [-0.39, 0.29) is 17.3 Å². The average molecular weight is 409 g/mol. The lowest BCUT2D eigenvalue weighted by atomic mass is 10.1. The van der Waals surface area contributed by atoms with Gasteiger partial charge in [0.15, 0.2) is 5.69 Å². The van der Waals surface area contributed by atoms with Crippen LogP contribution in [0.15, 0.2) is 16.8 Å². The van der Waals surface area contributed by atoms with E-state index < -0.39 is 41.4 Å². The van der Waals surface area contributed by atoms with Gasteiger partial charge in [0.1, 0.15) is 23.6 Å². The van der Waals surface area contributed by atoms with Crippen LogP contribution < -0.4 is 5.32 Å². The highest BCUT2D eigenvalue weighted by Gasteiger charge is 2.53. The largest absolute Gasteiger partial charge is 0.476 e. The van der Waals surface area contributed by atoms with Crippen LogP contribution in [0.25, 0.3) is 5.70 Å². The number of carboxylic acid groups (broad SMARTS) is 1. The van der Waals surface area contributed by atoms with Gasteiger partial charge in [0.25, 0.3) is 0 Å². The molecule has 1 aromatic heterocycles. The number of hydrogen-bond acceptors (Lipinski definition) is 7. The summed E-state index contributed by atoms with van der Waals surface area (Å²) in [6, 6.07) is -0.983. The first-order valence-electron chi connectivity index (χ1n) is 9.13. The van der Waals surface area contributed by atoms with E-state index in [2.05, 4.69) is 10.3 Å². The Morgan fingerprint density at radius 2 is 1.97 bits per heavy atom. The zero-order valence-corrected chi connectivity index (χ0v) is 17.6. The van der Waals surface area contributed by atoms with E-state index in [4.69, 9.17) is 19.0 Å². The van der Waals surface area contributed by atoms with E-state index in [1.807, 2.05) is 0 Å². The molecular weight excluding hydrogens is 382 g/mol. The van der Waals surface area contributed by atoms with Gasteiger partial charge in [-0.15, -0.1) is 0 Å². The van der Waals surface area contributed by atoms with Crippen molar-refractivity contribution in [3.63, 3.8) is 0 Å². The number of carboxylic acids is 1. The molecule has 2 amide bonds. The van der Waals surface area contributed by atoms with Crippen LogP contribution in [0.2, 0.25) is 0 Å². The second-order valence-electron chi connectivity index (χ2n) is 8.10. The molecule has 0 aliphatic carbocycles. The number of nitrogens with one attached hydrogen (secondary N) is 1. The van der Waals surface area contributed by atoms with Gasteiger partial charge in [0, 0.05) is 0 Å². The molecule has 1 aliphatic rings. The molecule has 29 heavy (non-hydrogen) atoms. The predicted octanol–water partition coefficient (Wildman–Crippen LogP) is 2.61. The van der Waals surface area contributed by atoms with Crippen molar-refractivity contribution in [2.75, 3.05) is 0 Å². The number of carbonyl (C=O) groups is 3. The van der Waals surface area contributed by atoms with Crippen molar-refractivity contribution in [1.82, 2.24) is 15.2 Å². The van der Waals surface area contributed by atoms with Crippen molar-refractivity contribution < 1.29 is 33.4 Å². The average Bonchev–Trinajstić information content (AvgIpc) is 3.12. The Hall–Kier alpha value is -2.88. The molecular formula is C19H27N3O7. The normalized spacial score (nSPS) is 21.8. The van der Waals surface area contributed by atoms with E-state index >= 15 is 0 Å². The Morgan fingerprint density at radius 3 is 2.45 bits per heavy atom. The molecule has 0 saturated carbocycles. The van der Waals surface area contributed by atoms with Crippen molar-refractivity contribution in [3.05, 3.63) is 23.9 Å². The van der Waals surface area contributed by atoms with Gasteiger partial charge in [0.05, 0.1) is 11.8 Å². The third-order valence-electron chi connectivity index (χ3n) is 4.14. The van der Waals surface area contributed by atoms with Crippen molar-refractivity contribution in [1.29, 1.82) is 0 Å². The first kappa shape index (κ1) is 22.4. The van der Waals surface area contributed by atoms with E-state index in [9.17, 15) is 14.4 Å². The molecule has 2 atom stereocenters.